The third-order valence-corrected chi connectivity index (χ3v) is 2.67. The van der Waals surface area contributed by atoms with Gasteiger partial charge in [-0.05, 0) is 12.1 Å². The highest BCUT2D eigenvalue weighted by Crippen LogP contribution is 2.18. The Morgan fingerprint density at radius 1 is 1.10 bits per heavy atom. The molecule has 0 spiro atoms. The summed E-state index contributed by atoms with van der Waals surface area (Å²) in [4.78, 5) is 0. The van der Waals surface area contributed by atoms with Crippen molar-refractivity contribution in [2.24, 2.45) is 0 Å². The van der Waals surface area contributed by atoms with Crippen LogP contribution in [0, 0.1) is 0 Å². The summed E-state index contributed by atoms with van der Waals surface area (Å²) in [7, 11) is 0. The van der Waals surface area contributed by atoms with Gasteiger partial charge in [0.05, 0.1) is 5.88 Å². The molecule has 0 aliphatic carbocycles. The first-order chi connectivity index (χ1) is 9.51. The number of rotatable bonds is 5. The Morgan fingerprint density at radius 3 is 2.35 bits per heavy atom. The van der Waals surface area contributed by atoms with E-state index in [9.17, 15) is 13.2 Å². The van der Waals surface area contributed by atoms with Gasteiger partial charge in [0.1, 0.15) is 13.2 Å². The molecule has 0 amide bonds. The van der Waals surface area contributed by atoms with E-state index in [-0.39, 0.29) is 18.3 Å². The van der Waals surface area contributed by atoms with Crippen molar-refractivity contribution in [3.63, 3.8) is 0 Å². The molecule has 0 fully saturated rings. The minimum atomic E-state index is -4.37. The number of halogens is 4. The molecule has 1 heterocycles. The van der Waals surface area contributed by atoms with Crippen LogP contribution in [0.4, 0.5) is 13.2 Å². The van der Waals surface area contributed by atoms with Gasteiger partial charge in [-0.3, -0.25) is 4.57 Å². The van der Waals surface area contributed by atoms with Crippen LogP contribution in [0.1, 0.15) is 11.6 Å². The summed E-state index contributed by atoms with van der Waals surface area (Å²) < 4.78 is 42.4. The van der Waals surface area contributed by atoms with Gasteiger partial charge in [-0.25, -0.2) is 0 Å². The van der Waals surface area contributed by atoms with Gasteiger partial charge in [-0.15, -0.1) is 21.8 Å². The van der Waals surface area contributed by atoms with Crippen LogP contribution in [0.3, 0.4) is 0 Å². The quantitative estimate of drug-likeness (QED) is 0.797. The maximum atomic E-state index is 12.1. The average molecular weight is 306 g/mol. The van der Waals surface area contributed by atoms with Gasteiger partial charge < -0.3 is 4.74 Å². The van der Waals surface area contributed by atoms with Crippen molar-refractivity contribution in [2.45, 2.75) is 18.7 Å². The number of alkyl halides is 4. The summed E-state index contributed by atoms with van der Waals surface area (Å²) in [5, 5.41) is 7.66. The Labute approximate surface area is 118 Å². The Morgan fingerprint density at radius 2 is 1.75 bits per heavy atom. The van der Waals surface area contributed by atoms with E-state index in [2.05, 4.69) is 14.9 Å². The van der Waals surface area contributed by atoms with E-state index in [0.29, 0.717) is 5.82 Å². The summed E-state index contributed by atoms with van der Waals surface area (Å²) >= 11 is 5.76. The third kappa shape index (κ3) is 3.71. The molecule has 0 aliphatic rings. The lowest BCUT2D eigenvalue weighted by Gasteiger charge is -2.10. The molecular weight excluding hydrogens is 295 g/mol. The van der Waals surface area contributed by atoms with E-state index in [0.717, 1.165) is 5.69 Å². The molecule has 1 aromatic heterocycles. The maximum absolute atomic E-state index is 12.1. The number of benzene rings is 1. The second-order valence-electron chi connectivity index (χ2n) is 3.95. The Balaban J connectivity index is 2.20. The second-order valence-corrected chi connectivity index (χ2v) is 4.21. The summed E-state index contributed by atoms with van der Waals surface area (Å²) in [5.74, 6) is 0.820. The van der Waals surface area contributed by atoms with Crippen molar-refractivity contribution in [3.8, 4) is 5.69 Å². The van der Waals surface area contributed by atoms with Crippen LogP contribution in [0.25, 0.3) is 5.69 Å². The molecule has 108 valence electrons. The van der Waals surface area contributed by atoms with Crippen LogP contribution in [-0.2, 0) is 17.2 Å². The van der Waals surface area contributed by atoms with Gasteiger partial charge in [0.25, 0.3) is 0 Å². The van der Waals surface area contributed by atoms with Crippen LogP contribution >= 0.6 is 11.6 Å². The third-order valence-electron chi connectivity index (χ3n) is 2.43. The van der Waals surface area contributed by atoms with Crippen LogP contribution in [0.2, 0.25) is 0 Å². The monoisotopic (exact) mass is 305 g/mol. The molecule has 4 nitrogen and oxygen atoms in total. The molecule has 1 aromatic carbocycles. The van der Waals surface area contributed by atoms with Crippen molar-refractivity contribution in [2.75, 3.05) is 6.61 Å². The van der Waals surface area contributed by atoms with Gasteiger partial charge in [-0.2, -0.15) is 13.2 Å². The van der Waals surface area contributed by atoms with Crippen molar-refractivity contribution < 1.29 is 17.9 Å². The van der Waals surface area contributed by atoms with E-state index in [1.165, 1.54) is 0 Å². The molecular formula is C12H11ClF3N3O. The lowest BCUT2D eigenvalue weighted by molar-refractivity contribution is -0.177. The smallest absolute Gasteiger partial charge is 0.364 e. The number of hydrogen-bond donors (Lipinski definition) is 0. The lowest BCUT2D eigenvalue weighted by Crippen LogP contribution is -2.17. The second kappa shape index (κ2) is 6.23. The highest BCUT2D eigenvalue weighted by Gasteiger charge is 2.28. The first kappa shape index (κ1) is 14.8. The van der Waals surface area contributed by atoms with Crippen LogP contribution in [-0.4, -0.2) is 27.5 Å². The first-order valence-electron chi connectivity index (χ1n) is 5.70. The highest BCUT2D eigenvalue weighted by molar-refractivity contribution is 6.16. The topological polar surface area (TPSA) is 39.9 Å². The van der Waals surface area contributed by atoms with Crippen LogP contribution in [0.15, 0.2) is 30.3 Å². The van der Waals surface area contributed by atoms with Crippen molar-refractivity contribution in [3.05, 3.63) is 42.0 Å². The number of nitrogens with zero attached hydrogens (tertiary/aromatic N) is 3. The zero-order valence-electron chi connectivity index (χ0n) is 10.3. The van der Waals surface area contributed by atoms with Gasteiger partial charge in [0.2, 0.25) is 0 Å². The first-order valence-corrected chi connectivity index (χ1v) is 6.24. The minimum Gasteiger partial charge on any atom is -0.364 e. The average Bonchev–Trinajstić information content (AvgIpc) is 2.81. The van der Waals surface area contributed by atoms with Gasteiger partial charge in [0, 0.05) is 5.69 Å². The summed E-state index contributed by atoms with van der Waals surface area (Å²) in [6, 6.07) is 8.99. The summed E-state index contributed by atoms with van der Waals surface area (Å²) in [5.41, 5.74) is 0.721. The fourth-order valence-electron chi connectivity index (χ4n) is 1.67. The highest BCUT2D eigenvalue weighted by atomic mass is 35.5. The fourth-order valence-corrected chi connectivity index (χ4v) is 1.84. The van der Waals surface area contributed by atoms with Crippen LogP contribution in [0.5, 0.6) is 0 Å². The normalized spacial score (nSPS) is 11.8. The fraction of sp³-hybridized carbons (Fsp3) is 0.333. The predicted molar refractivity (Wildman–Crippen MR) is 66.6 cm³/mol. The van der Waals surface area contributed by atoms with Gasteiger partial charge in [0.15, 0.2) is 11.6 Å². The predicted octanol–water partition coefficient (Wildman–Crippen LogP) is 3.09. The van der Waals surface area contributed by atoms with E-state index in [1.807, 2.05) is 6.07 Å². The van der Waals surface area contributed by atoms with Crippen LogP contribution < -0.4 is 0 Å². The molecule has 2 aromatic rings. The standard InChI is InChI=1S/C12H11ClF3N3O/c13-6-10-17-18-11(7-20-8-12(14,15)16)19(10)9-4-2-1-3-5-9/h1-5H,6-8H2. The Hall–Kier alpha value is -1.60. The number of aromatic nitrogens is 3. The molecule has 0 saturated carbocycles. The molecule has 8 heteroatoms. The lowest BCUT2D eigenvalue weighted by atomic mass is 10.3. The van der Waals surface area contributed by atoms with Gasteiger partial charge in [-0.1, -0.05) is 18.2 Å². The van der Waals surface area contributed by atoms with E-state index in [4.69, 9.17) is 11.6 Å². The SMILES string of the molecule is FC(F)(F)COCc1nnc(CCl)n1-c1ccccc1. The maximum Gasteiger partial charge on any atom is 0.411 e. The molecule has 0 bridgehead atoms. The molecule has 0 unspecified atom stereocenters. The van der Waals surface area contributed by atoms with E-state index >= 15 is 0 Å². The van der Waals surface area contributed by atoms with E-state index in [1.54, 1.807) is 28.8 Å². The van der Waals surface area contributed by atoms with Gasteiger partial charge >= 0.3 is 6.18 Å². The Kier molecular flexibility index (Phi) is 4.61. The molecule has 2 rings (SSSR count). The molecule has 0 radical (unpaired) electrons. The molecule has 0 aliphatic heterocycles. The summed E-state index contributed by atoms with van der Waals surface area (Å²) in [6.45, 7) is -1.62. The van der Waals surface area contributed by atoms with Crippen molar-refractivity contribution in [1.29, 1.82) is 0 Å². The number of hydrogen-bond acceptors (Lipinski definition) is 3. The zero-order valence-corrected chi connectivity index (χ0v) is 11.0. The Bertz CT molecular complexity index is 557. The minimum absolute atomic E-state index is 0.0984. The molecule has 20 heavy (non-hydrogen) atoms. The zero-order chi connectivity index (χ0) is 14.6. The van der Waals surface area contributed by atoms with E-state index < -0.39 is 12.8 Å². The number of para-hydroxylation sites is 1. The largest absolute Gasteiger partial charge is 0.411 e. The number of ether oxygens (including phenoxy) is 1. The summed E-state index contributed by atoms with van der Waals surface area (Å²) in [6.07, 6.45) is -4.37. The van der Waals surface area contributed by atoms with Crippen molar-refractivity contribution >= 4 is 11.6 Å². The molecule has 0 saturated heterocycles. The molecule has 0 atom stereocenters. The van der Waals surface area contributed by atoms with Crippen molar-refractivity contribution in [1.82, 2.24) is 14.8 Å². The molecule has 0 N–H and O–H groups in total.